The highest BCUT2D eigenvalue weighted by atomic mass is 16.5. The van der Waals surface area contributed by atoms with Crippen LogP contribution < -0.4 is 10.1 Å². The van der Waals surface area contributed by atoms with E-state index in [1.54, 1.807) is 0 Å². The number of aryl methyl sites for hydroxylation is 1. The van der Waals surface area contributed by atoms with Gasteiger partial charge in [0.15, 0.2) is 0 Å². The quantitative estimate of drug-likeness (QED) is 0.605. The van der Waals surface area contributed by atoms with Gasteiger partial charge in [-0.25, -0.2) is 0 Å². The summed E-state index contributed by atoms with van der Waals surface area (Å²) in [6.07, 6.45) is 5.84. The number of benzene rings is 1. The van der Waals surface area contributed by atoms with Crippen LogP contribution in [-0.2, 0) is 0 Å². The van der Waals surface area contributed by atoms with Gasteiger partial charge in [-0.2, -0.15) is 0 Å². The van der Waals surface area contributed by atoms with E-state index in [1.165, 1.54) is 11.1 Å². The van der Waals surface area contributed by atoms with E-state index < -0.39 is 0 Å². The van der Waals surface area contributed by atoms with Crippen molar-refractivity contribution in [3.63, 3.8) is 0 Å². The average molecular weight is 217 g/mol. The lowest BCUT2D eigenvalue weighted by Crippen LogP contribution is -2.14. The molecule has 0 saturated heterocycles. The molecule has 2 heteroatoms. The smallest absolute Gasteiger partial charge is 0.124 e. The lowest BCUT2D eigenvalue weighted by molar-refractivity contribution is 0.320. The molecule has 0 spiro atoms. The van der Waals surface area contributed by atoms with Crippen molar-refractivity contribution < 1.29 is 4.74 Å². The molecule has 1 aromatic carbocycles. The second-order valence-corrected chi connectivity index (χ2v) is 3.85. The summed E-state index contributed by atoms with van der Waals surface area (Å²) in [4.78, 5) is 0. The van der Waals surface area contributed by atoms with Gasteiger partial charge < -0.3 is 10.1 Å². The number of nitrogens with one attached hydrogen (secondary N) is 1. The SMILES string of the molecule is C#CCCOc1cc(C)ccc1C(C)NC. The molecule has 1 aromatic rings. The van der Waals surface area contributed by atoms with Gasteiger partial charge in [0.1, 0.15) is 5.75 Å². The van der Waals surface area contributed by atoms with E-state index in [0.717, 1.165) is 5.75 Å². The average Bonchev–Trinajstić information content (AvgIpc) is 2.29. The molecule has 0 amide bonds. The highest BCUT2D eigenvalue weighted by Gasteiger charge is 2.09. The summed E-state index contributed by atoms with van der Waals surface area (Å²) in [5.74, 6) is 3.50. The van der Waals surface area contributed by atoms with Crippen molar-refractivity contribution in [2.24, 2.45) is 0 Å². The van der Waals surface area contributed by atoms with E-state index >= 15 is 0 Å². The van der Waals surface area contributed by atoms with Crippen molar-refractivity contribution >= 4 is 0 Å². The molecule has 1 rings (SSSR count). The summed E-state index contributed by atoms with van der Waals surface area (Å²) >= 11 is 0. The van der Waals surface area contributed by atoms with Crippen LogP contribution in [0.25, 0.3) is 0 Å². The predicted molar refractivity (Wildman–Crippen MR) is 67.6 cm³/mol. The molecule has 0 radical (unpaired) electrons. The monoisotopic (exact) mass is 217 g/mol. The Morgan fingerprint density at radius 2 is 2.25 bits per heavy atom. The van der Waals surface area contributed by atoms with Gasteiger partial charge >= 0.3 is 0 Å². The fraction of sp³-hybridized carbons (Fsp3) is 0.429. The molecule has 0 aromatic heterocycles. The molecule has 1 atom stereocenters. The molecule has 2 nitrogen and oxygen atoms in total. The number of hydrogen-bond donors (Lipinski definition) is 1. The first-order chi connectivity index (χ1) is 7.69. The Balaban J connectivity index is 2.86. The Bertz CT molecular complexity index is 379. The summed E-state index contributed by atoms with van der Waals surface area (Å²) in [6, 6.07) is 6.53. The predicted octanol–water partition coefficient (Wildman–Crippen LogP) is 2.68. The van der Waals surface area contributed by atoms with Crippen LogP contribution in [0.4, 0.5) is 0 Å². The molecule has 0 saturated carbocycles. The van der Waals surface area contributed by atoms with Gasteiger partial charge in [-0.05, 0) is 32.5 Å². The lowest BCUT2D eigenvalue weighted by atomic mass is 10.1. The Hall–Kier alpha value is -1.46. The highest BCUT2D eigenvalue weighted by molar-refractivity contribution is 5.39. The van der Waals surface area contributed by atoms with Crippen molar-refractivity contribution in [2.45, 2.75) is 26.3 Å². The van der Waals surface area contributed by atoms with E-state index in [-0.39, 0.29) is 6.04 Å². The van der Waals surface area contributed by atoms with E-state index in [9.17, 15) is 0 Å². The molecule has 16 heavy (non-hydrogen) atoms. The molecule has 0 fully saturated rings. The van der Waals surface area contributed by atoms with Crippen LogP contribution in [0.5, 0.6) is 5.75 Å². The third-order valence-electron chi connectivity index (χ3n) is 2.57. The maximum Gasteiger partial charge on any atom is 0.124 e. The van der Waals surface area contributed by atoms with E-state index in [1.807, 2.05) is 7.05 Å². The first kappa shape index (κ1) is 12.6. The summed E-state index contributed by atoms with van der Waals surface area (Å²) in [5, 5.41) is 3.21. The topological polar surface area (TPSA) is 21.3 Å². The zero-order valence-corrected chi connectivity index (χ0v) is 10.2. The van der Waals surface area contributed by atoms with Gasteiger partial charge in [0.25, 0.3) is 0 Å². The number of terminal acetylenes is 1. The van der Waals surface area contributed by atoms with Gasteiger partial charge in [-0.15, -0.1) is 12.3 Å². The third-order valence-corrected chi connectivity index (χ3v) is 2.57. The van der Waals surface area contributed by atoms with Crippen molar-refractivity contribution in [3.05, 3.63) is 29.3 Å². The van der Waals surface area contributed by atoms with Crippen molar-refractivity contribution in [1.29, 1.82) is 0 Å². The minimum atomic E-state index is 0.279. The highest BCUT2D eigenvalue weighted by Crippen LogP contribution is 2.26. The zero-order chi connectivity index (χ0) is 12.0. The third kappa shape index (κ3) is 3.29. The van der Waals surface area contributed by atoms with Gasteiger partial charge in [-0.3, -0.25) is 0 Å². The molecular weight excluding hydrogens is 198 g/mol. The second-order valence-electron chi connectivity index (χ2n) is 3.85. The van der Waals surface area contributed by atoms with Crippen LogP contribution in [0.15, 0.2) is 18.2 Å². The molecule has 0 heterocycles. The summed E-state index contributed by atoms with van der Waals surface area (Å²) < 4.78 is 5.70. The number of hydrogen-bond acceptors (Lipinski definition) is 2. The van der Waals surface area contributed by atoms with Gasteiger partial charge in [-0.1, -0.05) is 12.1 Å². The van der Waals surface area contributed by atoms with Crippen LogP contribution in [-0.4, -0.2) is 13.7 Å². The maximum absolute atomic E-state index is 5.70. The molecule has 0 bridgehead atoms. The maximum atomic E-state index is 5.70. The minimum absolute atomic E-state index is 0.279. The van der Waals surface area contributed by atoms with Crippen LogP contribution >= 0.6 is 0 Å². The first-order valence-electron chi connectivity index (χ1n) is 5.53. The molecule has 1 N–H and O–H groups in total. The van der Waals surface area contributed by atoms with Crippen LogP contribution in [0.2, 0.25) is 0 Å². The fourth-order valence-corrected chi connectivity index (χ4v) is 1.50. The van der Waals surface area contributed by atoms with Gasteiger partial charge in [0.05, 0.1) is 6.61 Å². The Morgan fingerprint density at radius 1 is 1.50 bits per heavy atom. The van der Waals surface area contributed by atoms with Crippen molar-refractivity contribution in [1.82, 2.24) is 5.32 Å². The van der Waals surface area contributed by atoms with Crippen molar-refractivity contribution in [3.8, 4) is 18.1 Å². The van der Waals surface area contributed by atoms with Gasteiger partial charge in [0, 0.05) is 18.0 Å². The van der Waals surface area contributed by atoms with E-state index in [2.05, 4.69) is 43.3 Å². The lowest BCUT2D eigenvalue weighted by Gasteiger charge is -2.16. The van der Waals surface area contributed by atoms with Crippen LogP contribution in [0.3, 0.4) is 0 Å². The first-order valence-corrected chi connectivity index (χ1v) is 5.53. The summed E-state index contributed by atoms with van der Waals surface area (Å²) in [7, 11) is 1.94. The molecule has 0 aliphatic heterocycles. The normalized spacial score (nSPS) is 11.9. The second kappa shape index (κ2) is 6.19. The minimum Gasteiger partial charge on any atom is -0.492 e. The van der Waals surface area contributed by atoms with Crippen LogP contribution in [0, 0.1) is 19.3 Å². The largest absolute Gasteiger partial charge is 0.492 e. The number of rotatable bonds is 5. The molecular formula is C14H19NO. The standard InChI is InChI=1S/C14H19NO/c1-5-6-9-16-14-10-11(2)7-8-13(14)12(3)15-4/h1,7-8,10,12,15H,6,9H2,2-4H3. The molecule has 1 unspecified atom stereocenters. The van der Waals surface area contributed by atoms with E-state index in [4.69, 9.17) is 11.2 Å². The zero-order valence-electron chi connectivity index (χ0n) is 10.2. The van der Waals surface area contributed by atoms with Crippen LogP contribution in [0.1, 0.15) is 30.5 Å². The summed E-state index contributed by atoms with van der Waals surface area (Å²) in [5.41, 5.74) is 2.37. The molecule has 0 aliphatic rings. The number of ether oxygens (including phenoxy) is 1. The summed E-state index contributed by atoms with van der Waals surface area (Å²) in [6.45, 7) is 4.74. The van der Waals surface area contributed by atoms with E-state index in [0.29, 0.717) is 13.0 Å². The Kier molecular flexibility index (Phi) is 4.88. The Morgan fingerprint density at radius 3 is 2.88 bits per heavy atom. The molecule has 86 valence electrons. The van der Waals surface area contributed by atoms with Gasteiger partial charge in [0.2, 0.25) is 0 Å². The molecule has 0 aliphatic carbocycles. The Labute approximate surface area is 98.0 Å². The fourth-order valence-electron chi connectivity index (χ4n) is 1.50. The van der Waals surface area contributed by atoms with Crippen molar-refractivity contribution in [2.75, 3.05) is 13.7 Å².